The molecule has 1 atom stereocenters. The van der Waals surface area contributed by atoms with E-state index in [0.717, 1.165) is 10.6 Å². The van der Waals surface area contributed by atoms with Crippen LogP contribution in [-0.2, 0) is 10.8 Å². The minimum absolute atomic E-state index is 0.569. The number of para-hydroxylation sites is 1. The molecule has 1 aromatic carbocycles. The summed E-state index contributed by atoms with van der Waals surface area (Å²) in [5.74, 6) is 0.569. The second-order valence-corrected chi connectivity index (χ2v) is 4.61. The smallest absolute Gasteiger partial charge is 0.0959 e. The number of hydrogen-bond donors (Lipinski definition) is 1. The van der Waals surface area contributed by atoms with Gasteiger partial charge in [-0.25, -0.2) is 0 Å². The number of fused-ring (bicyclic) bond motifs is 1. The standard InChI is InChI=1S/C7H7NOS.C5H5N/c9-10-5-8-6-3-1-2-4-7(6)10;1-2-4-6-5-3-1/h1-4,8H,5H2;1-5H. The van der Waals surface area contributed by atoms with Gasteiger partial charge in [0.2, 0.25) is 0 Å². The van der Waals surface area contributed by atoms with E-state index in [0.29, 0.717) is 5.88 Å². The second-order valence-electron chi connectivity index (χ2n) is 3.19. The molecular formula is C12H12N2OS. The first-order valence-electron chi connectivity index (χ1n) is 4.94. The summed E-state index contributed by atoms with van der Waals surface area (Å²) in [4.78, 5) is 4.72. The topological polar surface area (TPSA) is 42.0 Å². The lowest BCUT2D eigenvalue weighted by Gasteiger charge is -1.92. The summed E-state index contributed by atoms with van der Waals surface area (Å²) in [6, 6.07) is 13.4. The first-order chi connectivity index (χ1) is 7.88. The molecule has 1 aliphatic rings. The predicted octanol–water partition coefficient (Wildman–Crippen LogP) is 2.26. The van der Waals surface area contributed by atoms with E-state index in [-0.39, 0.29) is 0 Å². The molecule has 0 amide bonds. The summed E-state index contributed by atoms with van der Waals surface area (Å²) in [6.45, 7) is 0. The molecule has 1 unspecified atom stereocenters. The molecule has 2 heterocycles. The van der Waals surface area contributed by atoms with E-state index >= 15 is 0 Å². The highest BCUT2D eigenvalue weighted by Crippen LogP contribution is 2.24. The summed E-state index contributed by atoms with van der Waals surface area (Å²) >= 11 is 0. The molecule has 0 saturated carbocycles. The summed E-state index contributed by atoms with van der Waals surface area (Å²) in [5, 5.41) is 3.05. The Bertz CT molecular complexity index is 447. The van der Waals surface area contributed by atoms with E-state index in [1.54, 1.807) is 12.4 Å². The molecule has 1 N–H and O–H groups in total. The monoisotopic (exact) mass is 232 g/mol. The number of nitrogens with zero attached hydrogens (tertiary/aromatic N) is 1. The number of nitrogens with one attached hydrogen (secondary N) is 1. The fourth-order valence-corrected chi connectivity index (χ4v) is 2.40. The van der Waals surface area contributed by atoms with Crippen LogP contribution in [0.5, 0.6) is 0 Å². The molecule has 1 aromatic heterocycles. The molecule has 82 valence electrons. The maximum absolute atomic E-state index is 11.1. The van der Waals surface area contributed by atoms with E-state index in [1.165, 1.54) is 0 Å². The van der Waals surface area contributed by atoms with E-state index in [1.807, 2.05) is 42.5 Å². The van der Waals surface area contributed by atoms with Crippen molar-refractivity contribution in [3.8, 4) is 0 Å². The van der Waals surface area contributed by atoms with Gasteiger partial charge in [-0.2, -0.15) is 0 Å². The van der Waals surface area contributed by atoms with Crippen LogP contribution in [0.4, 0.5) is 5.69 Å². The third kappa shape index (κ3) is 2.67. The zero-order valence-electron chi connectivity index (χ0n) is 8.67. The van der Waals surface area contributed by atoms with Crippen molar-refractivity contribution >= 4 is 16.5 Å². The van der Waals surface area contributed by atoms with Gasteiger partial charge in [-0.1, -0.05) is 18.2 Å². The first-order valence-corrected chi connectivity index (χ1v) is 6.26. The SMILES string of the molecule is O=S1CNc2ccccc21.c1ccncc1. The molecule has 3 rings (SSSR count). The van der Waals surface area contributed by atoms with Crippen LogP contribution in [-0.4, -0.2) is 15.1 Å². The van der Waals surface area contributed by atoms with Crippen molar-refractivity contribution < 1.29 is 4.21 Å². The maximum atomic E-state index is 11.1. The normalized spacial score (nSPS) is 16.6. The number of benzene rings is 1. The Hall–Kier alpha value is -1.68. The van der Waals surface area contributed by atoms with Crippen LogP contribution in [0, 0.1) is 0 Å². The molecule has 0 spiro atoms. The zero-order chi connectivity index (χ0) is 11.2. The van der Waals surface area contributed by atoms with Gasteiger partial charge in [0.25, 0.3) is 0 Å². The molecule has 4 heteroatoms. The van der Waals surface area contributed by atoms with Gasteiger partial charge in [-0.05, 0) is 24.3 Å². The van der Waals surface area contributed by atoms with Gasteiger partial charge in [0.05, 0.1) is 27.3 Å². The Labute approximate surface area is 97.0 Å². The van der Waals surface area contributed by atoms with Gasteiger partial charge in [-0.15, -0.1) is 0 Å². The largest absolute Gasteiger partial charge is 0.372 e. The molecule has 0 radical (unpaired) electrons. The zero-order valence-corrected chi connectivity index (χ0v) is 9.48. The highest BCUT2D eigenvalue weighted by Gasteiger charge is 2.14. The van der Waals surface area contributed by atoms with Gasteiger partial charge >= 0.3 is 0 Å². The van der Waals surface area contributed by atoms with Crippen molar-refractivity contribution in [2.75, 3.05) is 11.2 Å². The molecule has 0 saturated heterocycles. The maximum Gasteiger partial charge on any atom is 0.0959 e. The quantitative estimate of drug-likeness (QED) is 0.757. The number of aromatic nitrogens is 1. The molecule has 3 nitrogen and oxygen atoms in total. The Morgan fingerprint density at radius 1 is 1.06 bits per heavy atom. The summed E-state index contributed by atoms with van der Waals surface area (Å²) in [6.07, 6.45) is 3.50. The van der Waals surface area contributed by atoms with Crippen LogP contribution < -0.4 is 5.32 Å². The molecule has 0 fully saturated rings. The highest BCUT2D eigenvalue weighted by molar-refractivity contribution is 7.85. The Morgan fingerprint density at radius 2 is 1.81 bits per heavy atom. The Morgan fingerprint density at radius 3 is 2.38 bits per heavy atom. The van der Waals surface area contributed by atoms with E-state index in [2.05, 4.69) is 10.3 Å². The van der Waals surface area contributed by atoms with Crippen LogP contribution in [0.25, 0.3) is 0 Å². The van der Waals surface area contributed by atoms with Crippen molar-refractivity contribution in [2.45, 2.75) is 4.90 Å². The van der Waals surface area contributed by atoms with Crippen molar-refractivity contribution in [2.24, 2.45) is 0 Å². The van der Waals surface area contributed by atoms with Crippen molar-refractivity contribution in [1.82, 2.24) is 4.98 Å². The summed E-state index contributed by atoms with van der Waals surface area (Å²) in [7, 11) is -0.809. The number of pyridine rings is 1. The average Bonchev–Trinajstić information content (AvgIpc) is 2.75. The van der Waals surface area contributed by atoms with Crippen LogP contribution in [0.15, 0.2) is 59.8 Å². The van der Waals surface area contributed by atoms with E-state index < -0.39 is 10.8 Å². The number of anilines is 1. The van der Waals surface area contributed by atoms with Gasteiger partial charge < -0.3 is 5.32 Å². The van der Waals surface area contributed by atoms with Gasteiger partial charge in [0, 0.05) is 12.4 Å². The molecule has 2 aromatic rings. The lowest BCUT2D eigenvalue weighted by atomic mass is 10.3. The van der Waals surface area contributed by atoms with E-state index in [9.17, 15) is 4.21 Å². The summed E-state index contributed by atoms with van der Waals surface area (Å²) < 4.78 is 11.1. The fraction of sp³-hybridized carbons (Fsp3) is 0.0833. The fourth-order valence-electron chi connectivity index (χ4n) is 1.34. The van der Waals surface area contributed by atoms with Crippen LogP contribution >= 0.6 is 0 Å². The van der Waals surface area contributed by atoms with Gasteiger partial charge in [0.15, 0.2) is 0 Å². The average molecular weight is 232 g/mol. The molecule has 16 heavy (non-hydrogen) atoms. The van der Waals surface area contributed by atoms with Crippen molar-refractivity contribution in [3.63, 3.8) is 0 Å². The summed E-state index contributed by atoms with van der Waals surface area (Å²) in [5.41, 5.74) is 1.01. The highest BCUT2D eigenvalue weighted by atomic mass is 32.2. The lowest BCUT2D eigenvalue weighted by Crippen LogP contribution is -1.94. The van der Waals surface area contributed by atoms with Gasteiger partial charge in [0.1, 0.15) is 0 Å². The molecule has 0 aliphatic carbocycles. The van der Waals surface area contributed by atoms with Crippen molar-refractivity contribution in [3.05, 3.63) is 54.9 Å². The van der Waals surface area contributed by atoms with Crippen LogP contribution in [0.2, 0.25) is 0 Å². The molecule has 1 aliphatic heterocycles. The Balaban J connectivity index is 0.000000138. The number of rotatable bonds is 0. The van der Waals surface area contributed by atoms with Crippen LogP contribution in [0.1, 0.15) is 0 Å². The molecule has 0 bridgehead atoms. The van der Waals surface area contributed by atoms with Gasteiger partial charge in [-0.3, -0.25) is 9.19 Å². The second kappa shape index (κ2) is 5.42. The Kier molecular flexibility index (Phi) is 3.66. The number of hydrogen-bond acceptors (Lipinski definition) is 3. The lowest BCUT2D eigenvalue weighted by molar-refractivity contribution is 0.686. The third-order valence-corrected chi connectivity index (χ3v) is 3.35. The minimum Gasteiger partial charge on any atom is -0.372 e. The predicted molar refractivity (Wildman–Crippen MR) is 65.6 cm³/mol. The third-order valence-electron chi connectivity index (χ3n) is 2.09. The van der Waals surface area contributed by atoms with Crippen LogP contribution in [0.3, 0.4) is 0 Å². The minimum atomic E-state index is -0.809. The van der Waals surface area contributed by atoms with E-state index in [4.69, 9.17) is 0 Å². The first kappa shape index (κ1) is 10.8. The molecular weight excluding hydrogens is 220 g/mol. The van der Waals surface area contributed by atoms with Crippen molar-refractivity contribution in [1.29, 1.82) is 0 Å².